The molecule has 1 atom stereocenters. The predicted octanol–water partition coefficient (Wildman–Crippen LogP) is 4.37. The molecule has 0 fully saturated rings. The van der Waals surface area contributed by atoms with E-state index in [2.05, 4.69) is 9.88 Å². The Kier molecular flexibility index (Phi) is 5.90. The van der Waals surface area contributed by atoms with E-state index in [-0.39, 0.29) is 11.8 Å². The highest BCUT2D eigenvalue weighted by Crippen LogP contribution is 2.38. The third-order valence-electron chi connectivity index (χ3n) is 6.12. The average molecular weight is 460 g/mol. The molecule has 2 amide bonds. The fourth-order valence-electron chi connectivity index (χ4n) is 4.51. The van der Waals surface area contributed by atoms with Crippen LogP contribution in [0.5, 0.6) is 0 Å². The third-order valence-corrected chi connectivity index (χ3v) is 6.12. The summed E-state index contributed by atoms with van der Waals surface area (Å²) >= 11 is 0. The molecule has 1 N–H and O–H groups in total. The number of amides is 2. The molecule has 0 bridgehead atoms. The van der Waals surface area contributed by atoms with Gasteiger partial charge in [-0.25, -0.2) is 13.9 Å². The Bertz CT molecular complexity index is 1300. The van der Waals surface area contributed by atoms with Gasteiger partial charge in [0.1, 0.15) is 11.6 Å². The number of fused-ring (bicyclic) bond motifs is 3. The van der Waals surface area contributed by atoms with Gasteiger partial charge in [0, 0.05) is 25.4 Å². The molecule has 1 unspecified atom stereocenters. The first-order chi connectivity index (χ1) is 16.6. The van der Waals surface area contributed by atoms with E-state index < -0.39 is 6.04 Å². The largest absolute Gasteiger partial charge is 0.383 e. The zero-order valence-corrected chi connectivity index (χ0v) is 19.1. The van der Waals surface area contributed by atoms with Gasteiger partial charge in [0.05, 0.1) is 36.3 Å². The van der Waals surface area contributed by atoms with Gasteiger partial charge in [0.25, 0.3) is 0 Å². The summed E-state index contributed by atoms with van der Waals surface area (Å²) in [7, 11) is 1.60. The maximum absolute atomic E-state index is 13.8. The number of rotatable bonds is 5. The highest BCUT2D eigenvalue weighted by Gasteiger charge is 2.35. The number of hydrogen-bond donors (Lipinski definition) is 1. The number of benzene rings is 2. The van der Waals surface area contributed by atoms with Gasteiger partial charge in [-0.3, -0.25) is 0 Å². The van der Waals surface area contributed by atoms with Gasteiger partial charge < -0.3 is 19.5 Å². The molecule has 0 aliphatic carbocycles. The minimum absolute atomic E-state index is 0.223. The molecule has 4 aromatic rings. The van der Waals surface area contributed by atoms with Crippen LogP contribution in [-0.4, -0.2) is 45.5 Å². The van der Waals surface area contributed by atoms with E-state index in [9.17, 15) is 9.18 Å². The lowest BCUT2D eigenvalue weighted by atomic mass is 10.0. The molecule has 1 aliphatic heterocycles. The molecular weight excluding hydrogens is 433 g/mol. The second kappa shape index (κ2) is 9.15. The van der Waals surface area contributed by atoms with E-state index >= 15 is 0 Å². The fraction of sp³-hybridized carbons (Fsp3) is 0.231. The molecule has 0 saturated heterocycles. The summed E-state index contributed by atoms with van der Waals surface area (Å²) in [6.07, 6.45) is 1.98. The highest BCUT2D eigenvalue weighted by molar-refractivity contribution is 5.76. The molecule has 0 radical (unpaired) electrons. The second-order valence-electron chi connectivity index (χ2n) is 8.24. The number of hydrogen-bond acceptors (Lipinski definition) is 3. The van der Waals surface area contributed by atoms with Gasteiger partial charge in [-0.2, -0.15) is 5.10 Å². The fourth-order valence-corrected chi connectivity index (χ4v) is 4.51. The molecule has 2 aromatic carbocycles. The van der Waals surface area contributed by atoms with E-state index in [1.54, 1.807) is 24.1 Å². The van der Waals surface area contributed by atoms with E-state index in [0.717, 1.165) is 34.0 Å². The van der Waals surface area contributed by atoms with Crippen molar-refractivity contribution in [3.63, 3.8) is 0 Å². The van der Waals surface area contributed by atoms with Crippen molar-refractivity contribution in [3.8, 4) is 11.5 Å². The summed E-state index contributed by atoms with van der Waals surface area (Å²) in [5.74, 6) is 0.575. The van der Waals surface area contributed by atoms with Crippen LogP contribution in [-0.2, 0) is 11.3 Å². The Balaban J connectivity index is 1.69. The summed E-state index contributed by atoms with van der Waals surface area (Å²) in [5, 5.41) is 7.78. The average Bonchev–Trinajstić information content (AvgIpc) is 3.41. The monoisotopic (exact) mass is 459 g/mol. The van der Waals surface area contributed by atoms with Gasteiger partial charge in [-0.05, 0) is 48.9 Å². The number of nitrogens with zero attached hydrogens (tertiary/aromatic N) is 4. The number of nitrogens with one attached hydrogen (secondary N) is 1. The van der Waals surface area contributed by atoms with Crippen molar-refractivity contribution in [1.29, 1.82) is 0 Å². The minimum Gasteiger partial charge on any atom is -0.383 e. The Morgan fingerprint density at radius 2 is 1.88 bits per heavy atom. The number of urea groups is 1. The summed E-state index contributed by atoms with van der Waals surface area (Å²) in [5.41, 5.74) is 4.44. The van der Waals surface area contributed by atoms with Crippen LogP contribution in [0.2, 0.25) is 0 Å². The predicted molar refractivity (Wildman–Crippen MR) is 127 cm³/mol. The second-order valence-corrected chi connectivity index (χ2v) is 8.24. The highest BCUT2D eigenvalue weighted by atomic mass is 19.1. The number of halogens is 1. The van der Waals surface area contributed by atoms with Crippen LogP contribution >= 0.6 is 0 Å². The molecule has 0 saturated carbocycles. The van der Waals surface area contributed by atoms with Crippen LogP contribution in [0.1, 0.15) is 28.6 Å². The van der Waals surface area contributed by atoms with Crippen LogP contribution in [0.4, 0.5) is 9.18 Å². The lowest BCUT2D eigenvalue weighted by Gasteiger charge is -2.31. The standard InChI is InChI=1S/C26H26FN5O2/c1-18-22-17-31(26(33)28-14-16-34-2)24(19-10-12-20(27)13-11-19)23-9-6-15-30(23)25(22)32(29-18)21-7-4-3-5-8-21/h3-13,15,24H,14,16-17H2,1-2H3,(H,28,33). The summed E-state index contributed by atoms with van der Waals surface area (Å²) in [6, 6.07) is 19.6. The van der Waals surface area contributed by atoms with Gasteiger partial charge in [0.15, 0.2) is 0 Å². The Morgan fingerprint density at radius 1 is 1.12 bits per heavy atom. The van der Waals surface area contributed by atoms with E-state index in [4.69, 9.17) is 9.84 Å². The Morgan fingerprint density at radius 3 is 2.62 bits per heavy atom. The van der Waals surface area contributed by atoms with E-state index in [0.29, 0.717) is 19.7 Å². The Hall–Kier alpha value is -3.91. The van der Waals surface area contributed by atoms with Crippen molar-refractivity contribution in [1.82, 2.24) is 24.6 Å². The van der Waals surface area contributed by atoms with Crippen molar-refractivity contribution in [2.75, 3.05) is 20.3 Å². The summed E-state index contributed by atoms with van der Waals surface area (Å²) in [6.45, 7) is 3.10. The Labute approximate surface area is 197 Å². The number of methoxy groups -OCH3 is 1. The maximum atomic E-state index is 13.8. The van der Waals surface area contributed by atoms with Crippen molar-refractivity contribution in [3.05, 3.63) is 101 Å². The molecule has 34 heavy (non-hydrogen) atoms. The molecule has 2 aromatic heterocycles. The number of ether oxygens (including phenoxy) is 1. The van der Waals surface area contributed by atoms with Crippen LogP contribution in [0.15, 0.2) is 72.9 Å². The molecule has 5 rings (SSSR count). The van der Waals surface area contributed by atoms with Crippen LogP contribution < -0.4 is 5.32 Å². The van der Waals surface area contributed by atoms with Crippen molar-refractivity contribution in [2.24, 2.45) is 0 Å². The smallest absolute Gasteiger partial charge is 0.318 e. The molecule has 8 heteroatoms. The van der Waals surface area contributed by atoms with E-state index in [1.165, 1.54) is 12.1 Å². The number of carbonyl (C=O) groups excluding carboxylic acids is 1. The lowest BCUT2D eigenvalue weighted by Crippen LogP contribution is -2.43. The van der Waals surface area contributed by atoms with Gasteiger partial charge in [0.2, 0.25) is 0 Å². The van der Waals surface area contributed by atoms with E-state index in [1.807, 2.05) is 60.3 Å². The van der Waals surface area contributed by atoms with Crippen molar-refractivity contribution in [2.45, 2.75) is 19.5 Å². The molecular formula is C26H26FN5O2. The third kappa shape index (κ3) is 3.86. The number of carbonyl (C=O) groups is 1. The normalized spacial score (nSPS) is 14.9. The number of aryl methyl sites for hydroxylation is 1. The van der Waals surface area contributed by atoms with Crippen LogP contribution in [0, 0.1) is 12.7 Å². The zero-order chi connectivity index (χ0) is 23.7. The van der Waals surface area contributed by atoms with Gasteiger partial charge >= 0.3 is 6.03 Å². The number of aromatic nitrogens is 3. The van der Waals surface area contributed by atoms with Crippen molar-refractivity contribution >= 4 is 6.03 Å². The maximum Gasteiger partial charge on any atom is 0.318 e. The first-order valence-electron chi connectivity index (χ1n) is 11.2. The molecule has 0 spiro atoms. The van der Waals surface area contributed by atoms with Gasteiger partial charge in [-0.15, -0.1) is 0 Å². The summed E-state index contributed by atoms with van der Waals surface area (Å²) < 4.78 is 22.9. The molecule has 3 heterocycles. The SMILES string of the molecule is COCCNC(=O)N1Cc2c(C)nn(-c3ccccc3)c2-n2cccc2C1c1ccc(F)cc1. The lowest BCUT2D eigenvalue weighted by molar-refractivity contribution is 0.168. The van der Waals surface area contributed by atoms with Crippen molar-refractivity contribution < 1.29 is 13.9 Å². The number of para-hydroxylation sites is 1. The van der Waals surface area contributed by atoms with Crippen LogP contribution in [0.3, 0.4) is 0 Å². The van der Waals surface area contributed by atoms with Crippen LogP contribution in [0.25, 0.3) is 11.5 Å². The quantitative estimate of drug-likeness (QED) is 0.451. The topological polar surface area (TPSA) is 64.3 Å². The molecule has 174 valence electrons. The molecule has 7 nitrogen and oxygen atoms in total. The first-order valence-corrected chi connectivity index (χ1v) is 11.2. The minimum atomic E-state index is -0.422. The van der Waals surface area contributed by atoms with Gasteiger partial charge in [-0.1, -0.05) is 30.3 Å². The zero-order valence-electron chi connectivity index (χ0n) is 19.1. The summed E-state index contributed by atoms with van der Waals surface area (Å²) in [4.78, 5) is 15.2. The first kappa shape index (κ1) is 21.9. The molecule has 1 aliphatic rings.